The maximum Gasteiger partial charge on any atom is 0.216 e. The van der Waals surface area contributed by atoms with Gasteiger partial charge >= 0.3 is 0 Å². The lowest BCUT2D eigenvalue weighted by molar-refractivity contribution is 0.822. The Morgan fingerprint density at radius 1 is 1.47 bits per heavy atom. The van der Waals surface area contributed by atoms with Gasteiger partial charge in [-0.3, -0.25) is 0 Å². The Balaban J connectivity index is 2.30. The molecule has 0 saturated carbocycles. The molecular formula is C7H7BrN6S. The van der Waals surface area contributed by atoms with Crippen molar-refractivity contribution >= 4 is 27.7 Å². The van der Waals surface area contributed by atoms with Crippen LogP contribution in [0.3, 0.4) is 0 Å². The molecule has 6 nitrogen and oxygen atoms in total. The lowest BCUT2D eigenvalue weighted by Gasteiger charge is -2.01. The van der Waals surface area contributed by atoms with E-state index in [9.17, 15) is 0 Å². The third kappa shape index (κ3) is 2.10. The van der Waals surface area contributed by atoms with Gasteiger partial charge in [-0.2, -0.15) is 0 Å². The van der Waals surface area contributed by atoms with Crippen molar-refractivity contribution in [3.05, 3.63) is 22.8 Å². The van der Waals surface area contributed by atoms with Gasteiger partial charge in [-0.25, -0.2) is 14.6 Å². The maximum absolute atomic E-state index is 5.71. The summed E-state index contributed by atoms with van der Waals surface area (Å²) in [6.07, 6.45) is 3.14. The number of nitrogens with zero attached hydrogens (tertiary/aromatic N) is 5. The SMILES string of the molecule is Cc1nnc(Sc2ncncc2Br)n1N. The molecule has 2 N–H and O–H groups in total. The lowest BCUT2D eigenvalue weighted by atomic mass is 10.7. The van der Waals surface area contributed by atoms with Gasteiger partial charge in [-0.05, 0) is 34.6 Å². The minimum atomic E-state index is 0.590. The fourth-order valence-electron chi connectivity index (χ4n) is 0.882. The van der Waals surface area contributed by atoms with E-state index in [0.717, 1.165) is 9.50 Å². The number of aromatic nitrogens is 5. The summed E-state index contributed by atoms with van der Waals surface area (Å²) in [5.74, 6) is 6.37. The number of rotatable bonds is 2. The molecule has 2 heterocycles. The Hall–Kier alpha value is -1.15. The number of halogens is 1. The molecule has 2 aromatic heterocycles. The van der Waals surface area contributed by atoms with Gasteiger partial charge < -0.3 is 5.84 Å². The smallest absolute Gasteiger partial charge is 0.216 e. The Labute approximate surface area is 98.4 Å². The summed E-state index contributed by atoms with van der Waals surface area (Å²) in [6.45, 7) is 1.78. The third-order valence-corrected chi connectivity index (χ3v) is 3.48. The van der Waals surface area contributed by atoms with Crippen LogP contribution in [-0.2, 0) is 0 Å². The zero-order chi connectivity index (χ0) is 10.8. The Morgan fingerprint density at radius 3 is 2.87 bits per heavy atom. The van der Waals surface area contributed by atoms with Gasteiger partial charge in [-0.15, -0.1) is 10.2 Å². The van der Waals surface area contributed by atoms with Crippen molar-refractivity contribution in [3.8, 4) is 0 Å². The van der Waals surface area contributed by atoms with Gasteiger partial charge in [0, 0.05) is 6.20 Å². The molecule has 0 aliphatic rings. The average molecular weight is 287 g/mol. The minimum absolute atomic E-state index is 0.590. The molecular weight excluding hydrogens is 280 g/mol. The van der Waals surface area contributed by atoms with E-state index in [1.165, 1.54) is 22.8 Å². The summed E-state index contributed by atoms with van der Waals surface area (Å²) in [7, 11) is 0. The molecule has 0 aromatic carbocycles. The van der Waals surface area contributed by atoms with Gasteiger partial charge in [0.25, 0.3) is 0 Å². The molecule has 0 saturated heterocycles. The summed E-state index contributed by atoms with van der Waals surface area (Å²) >= 11 is 4.67. The van der Waals surface area contributed by atoms with E-state index in [2.05, 4.69) is 36.1 Å². The predicted octanol–water partition coefficient (Wildman–Crippen LogP) is 1.00. The van der Waals surface area contributed by atoms with E-state index in [1.54, 1.807) is 13.1 Å². The van der Waals surface area contributed by atoms with Crippen LogP contribution in [0.15, 0.2) is 27.2 Å². The van der Waals surface area contributed by atoms with E-state index in [1.807, 2.05) is 0 Å². The lowest BCUT2D eigenvalue weighted by Crippen LogP contribution is -2.11. The molecule has 8 heteroatoms. The van der Waals surface area contributed by atoms with Crippen LogP contribution >= 0.6 is 27.7 Å². The fraction of sp³-hybridized carbons (Fsp3) is 0.143. The summed E-state index contributed by atoms with van der Waals surface area (Å²) in [5.41, 5.74) is 0. The van der Waals surface area contributed by atoms with Crippen LogP contribution in [0.5, 0.6) is 0 Å². The molecule has 0 atom stereocenters. The predicted molar refractivity (Wildman–Crippen MR) is 58.8 cm³/mol. The van der Waals surface area contributed by atoms with Crippen molar-refractivity contribution in [2.75, 3.05) is 5.84 Å². The highest BCUT2D eigenvalue weighted by molar-refractivity contribution is 9.10. The van der Waals surface area contributed by atoms with Gasteiger partial charge in [0.2, 0.25) is 5.16 Å². The Kier molecular flexibility index (Phi) is 2.87. The van der Waals surface area contributed by atoms with Crippen LogP contribution in [-0.4, -0.2) is 24.8 Å². The quantitative estimate of drug-likeness (QED) is 0.655. The molecule has 15 heavy (non-hydrogen) atoms. The third-order valence-electron chi connectivity index (χ3n) is 1.66. The first kappa shape index (κ1) is 10.4. The van der Waals surface area contributed by atoms with Crippen LogP contribution in [0.1, 0.15) is 5.82 Å². The molecule has 0 unspecified atom stereocenters. The second kappa shape index (κ2) is 4.15. The van der Waals surface area contributed by atoms with E-state index in [4.69, 9.17) is 5.84 Å². The van der Waals surface area contributed by atoms with Crippen molar-refractivity contribution in [3.63, 3.8) is 0 Å². The highest BCUT2D eigenvalue weighted by Gasteiger charge is 2.10. The Morgan fingerprint density at radius 2 is 2.27 bits per heavy atom. The first-order chi connectivity index (χ1) is 7.18. The molecule has 0 aliphatic heterocycles. The van der Waals surface area contributed by atoms with E-state index in [-0.39, 0.29) is 0 Å². The fourth-order valence-corrected chi connectivity index (χ4v) is 2.08. The second-order valence-corrected chi connectivity index (χ2v) is 4.49. The van der Waals surface area contributed by atoms with Crippen LogP contribution in [0, 0.1) is 6.92 Å². The van der Waals surface area contributed by atoms with Crippen molar-refractivity contribution in [2.24, 2.45) is 0 Å². The first-order valence-electron chi connectivity index (χ1n) is 3.99. The standard InChI is InChI=1S/C7H7BrN6S/c1-4-12-13-7(14(4)9)15-6-5(8)2-10-3-11-6/h2-3H,9H2,1H3. The highest BCUT2D eigenvalue weighted by atomic mass is 79.9. The van der Waals surface area contributed by atoms with E-state index in [0.29, 0.717) is 11.0 Å². The largest absolute Gasteiger partial charge is 0.336 e. The van der Waals surface area contributed by atoms with Crippen LogP contribution in [0.25, 0.3) is 0 Å². The van der Waals surface area contributed by atoms with Crippen LogP contribution < -0.4 is 5.84 Å². The van der Waals surface area contributed by atoms with Crippen molar-refractivity contribution < 1.29 is 0 Å². The first-order valence-corrected chi connectivity index (χ1v) is 5.60. The molecule has 0 amide bonds. The monoisotopic (exact) mass is 286 g/mol. The molecule has 78 valence electrons. The second-order valence-electron chi connectivity index (χ2n) is 2.68. The number of nitrogens with two attached hydrogens (primary N) is 1. The molecule has 0 aliphatic carbocycles. The van der Waals surface area contributed by atoms with Gasteiger partial charge in [-0.1, -0.05) is 0 Å². The zero-order valence-electron chi connectivity index (χ0n) is 7.75. The van der Waals surface area contributed by atoms with Gasteiger partial charge in [0.05, 0.1) is 4.47 Å². The minimum Gasteiger partial charge on any atom is -0.336 e. The topological polar surface area (TPSA) is 82.5 Å². The summed E-state index contributed by atoms with van der Waals surface area (Å²) < 4.78 is 2.22. The average Bonchev–Trinajstić information content (AvgIpc) is 2.53. The van der Waals surface area contributed by atoms with Gasteiger partial charge in [0.15, 0.2) is 0 Å². The summed E-state index contributed by atoms with van der Waals surface area (Å²) in [6, 6.07) is 0. The van der Waals surface area contributed by atoms with Crippen molar-refractivity contribution in [1.29, 1.82) is 0 Å². The van der Waals surface area contributed by atoms with E-state index < -0.39 is 0 Å². The summed E-state index contributed by atoms with van der Waals surface area (Å²) in [5, 5.41) is 9.12. The van der Waals surface area contributed by atoms with E-state index >= 15 is 0 Å². The Bertz CT molecular complexity index is 484. The van der Waals surface area contributed by atoms with Crippen molar-refractivity contribution in [1.82, 2.24) is 24.8 Å². The van der Waals surface area contributed by atoms with Crippen molar-refractivity contribution in [2.45, 2.75) is 17.1 Å². The molecule has 2 rings (SSSR count). The number of hydrogen-bond donors (Lipinski definition) is 1. The highest BCUT2D eigenvalue weighted by Crippen LogP contribution is 2.28. The normalized spacial score (nSPS) is 10.5. The molecule has 0 fully saturated rings. The number of hydrogen-bond acceptors (Lipinski definition) is 6. The molecule has 0 spiro atoms. The van der Waals surface area contributed by atoms with Crippen LogP contribution in [0.2, 0.25) is 0 Å². The summed E-state index contributed by atoms with van der Waals surface area (Å²) in [4.78, 5) is 7.96. The van der Waals surface area contributed by atoms with Crippen LogP contribution in [0.4, 0.5) is 0 Å². The molecule has 0 bridgehead atoms. The maximum atomic E-state index is 5.71. The number of nitrogen functional groups attached to an aromatic ring is 1. The molecule has 2 aromatic rings. The molecule has 0 radical (unpaired) electrons. The zero-order valence-corrected chi connectivity index (χ0v) is 10.2. The van der Waals surface area contributed by atoms with Gasteiger partial charge in [0.1, 0.15) is 17.2 Å². The number of aryl methyl sites for hydroxylation is 1.